The highest BCUT2D eigenvalue weighted by atomic mass is 127. The summed E-state index contributed by atoms with van der Waals surface area (Å²) in [6, 6.07) is 0. The van der Waals surface area contributed by atoms with Crippen molar-refractivity contribution in [1.82, 2.24) is 4.90 Å². The second kappa shape index (κ2) is 3.52. The van der Waals surface area contributed by atoms with Crippen LogP contribution in [0.2, 0.25) is 0 Å². The van der Waals surface area contributed by atoms with Crippen LogP contribution in [-0.4, -0.2) is 27.9 Å². The number of nitrogens with two attached hydrogens (primary N) is 1. The molecule has 1 rings (SSSR count). The largest absolute Gasteiger partial charge is 0.330 e. The molecular weight excluding hydrogens is 243 g/mol. The molecular formula is C6H11IN2O. The standard InChI is InChI=1S/C6H11IN2O/c7-5(4-8)9-3-1-2-6(9)10/h5H,1-4,8H2. The molecule has 0 aliphatic carbocycles. The lowest BCUT2D eigenvalue weighted by Gasteiger charge is -2.20. The minimum absolute atomic E-state index is 0.201. The monoisotopic (exact) mass is 254 g/mol. The van der Waals surface area contributed by atoms with Gasteiger partial charge in [0.2, 0.25) is 5.91 Å². The van der Waals surface area contributed by atoms with Gasteiger partial charge >= 0.3 is 0 Å². The molecule has 1 unspecified atom stereocenters. The predicted molar refractivity (Wildman–Crippen MR) is 47.8 cm³/mol. The molecule has 2 N–H and O–H groups in total. The van der Waals surface area contributed by atoms with Crippen molar-refractivity contribution < 1.29 is 4.79 Å². The Balaban J connectivity index is 2.46. The Labute approximate surface area is 74.1 Å². The van der Waals surface area contributed by atoms with Gasteiger partial charge < -0.3 is 10.6 Å². The van der Waals surface area contributed by atoms with E-state index in [4.69, 9.17) is 5.73 Å². The van der Waals surface area contributed by atoms with Gasteiger partial charge in [0.15, 0.2) is 0 Å². The van der Waals surface area contributed by atoms with Crippen molar-refractivity contribution in [2.45, 2.75) is 16.9 Å². The lowest BCUT2D eigenvalue weighted by molar-refractivity contribution is -0.127. The van der Waals surface area contributed by atoms with Crippen molar-refractivity contribution in [1.29, 1.82) is 0 Å². The Bertz CT molecular complexity index is 140. The number of hydrogen-bond donors (Lipinski definition) is 1. The molecule has 1 heterocycles. The van der Waals surface area contributed by atoms with Gasteiger partial charge in [-0.3, -0.25) is 4.79 Å². The summed E-state index contributed by atoms with van der Waals surface area (Å²) in [5, 5.41) is 0. The smallest absolute Gasteiger partial charge is 0.223 e. The van der Waals surface area contributed by atoms with Gasteiger partial charge in [-0.15, -0.1) is 0 Å². The van der Waals surface area contributed by atoms with Crippen LogP contribution in [0.4, 0.5) is 0 Å². The number of halogens is 1. The van der Waals surface area contributed by atoms with Crippen LogP contribution in [0, 0.1) is 0 Å². The van der Waals surface area contributed by atoms with Gasteiger partial charge in [-0.25, -0.2) is 0 Å². The van der Waals surface area contributed by atoms with Crippen LogP contribution in [0.5, 0.6) is 0 Å². The third-order valence-electron chi connectivity index (χ3n) is 1.64. The van der Waals surface area contributed by atoms with Crippen LogP contribution in [0.15, 0.2) is 0 Å². The Morgan fingerprint density at radius 1 is 1.80 bits per heavy atom. The fourth-order valence-corrected chi connectivity index (χ4v) is 1.68. The lowest BCUT2D eigenvalue weighted by atomic mass is 10.4. The summed E-state index contributed by atoms with van der Waals surface area (Å²) < 4.78 is 0.201. The van der Waals surface area contributed by atoms with E-state index in [9.17, 15) is 4.79 Å². The molecule has 0 spiro atoms. The highest BCUT2D eigenvalue weighted by Crippen LogP contribution is 2.16. The van der Waals surface area contributed by atoms with E-state index in [1.165, 1.54) is 0 Å². The zero-order valence-corrected chi connectivity index (χ0v) is 7.87. The average molecular weight is 254 g/mol. The second-order valence-corrected chi connectivity index (χ2v) is 3.80. The summed E-state index contributed by atoms with van der Waals surface area (Å²) in [4.78, 5) is 12.9. The lowest BCUT2D eigenvalue weighted by Crippen LogP contribution is -2.36. The van der Waals surface area contributed by atoms with Crippen molar-refractivity contribution in [2.24, 2.45) is 5.73 Å². The molecule has 0 saturated carbocycles. The molecule has 3 nitrogen and oxygen atoms in total. The maximum absolute atomic E-state index is 11.0. The quantitative estimate of drug-likeness (QED) is 0.438. The van der Waals surface area contributed by atoms with Gasteiger partial charge in [-0.1, -0.05) is 22.6 Å². The van der Waals surface area contributed by atoms with Crippen molar-refractivity contribution in [3.63, 3.8) is 0 Å². The van der Waals surface area contributed by atoms with Crippen molar-refractivity contribution in [3.8, 4) is 0 Å². The molecule has 1 aliphatic heterocycles. The number of rotatable bonds is 2. The fraction of sp³-hybridized carbons (Fsp3) is 0.833. The first-order valence-electron chi connectivity index (χ1n) is 3.39. The van der Waals surface area contributed by atoms with E-state index in [1.54, 1.807) is 0 Å². The number of likely N-dealkylation sites (tertiary alicyclic amines) is 1. The first kappa shape index (κ1) is 8.26. The molecule has 1 atom stereocenters. The van der Waals surface area contributed by atoms with Crippen molar-refractivity contribution >= 4 is 28.5 Å². The zero-order valence-electron chi connectivity index (χ0n) is 5.72. The van der Waals surface area contributed by atoms with Crippen LogP contribution in [-0.2, 0) is 4.79 Å². The minimum atomic E-state index is 0.201. The highest BCUT2D eigenvalue weighted by molar-refractivity contribution is 14.1. The predicted octanol–water partition coefficient (Wildman–Crippen LogP) is 0.329. The first-order chi connectivity index (χ1) is 4.75. The number of hydrogen-bond acceptors (Lipinski definition) is 2. The van der Waals surface area contributed by atoms with E-state index in [-0.39, 0.29) is 9.96 Å². The van der Waals surface area contributed by atoms with E-state index in [2.05, 4.69) is 22.6 Å². The first-order valence-corrected chi connectivity index (χ1v) is 4.64. The van der Waals surface area contributed by atoms with Gasteiger partial charge in [0.05, 0.1) is 4.05 Å². The molecule has 0 aromatic rings. The molecule has 1 saturated heterocycles. The average Bonchev–Trinajstić information content (AvgIpc) is 2.34. The molecule has 1 aliphatic rings. The number of alkyl halides is 1. The number of nitrogens with zero attached hydrogens (tertiary/aromatic N) is 1. The van der Waals surface area contributed by atoms with Crippen LogP contribution >= 0.6 is 22.6 Å². The van der Waals surface area contributed by atoms with Crippen LogP contribution in [0.3, 0.4) is 0 Å². The molecule has 0 aromatic heterocycles. The van der Waals surface area contributed by atoms with Crippen LogP contribution in [0.25, 0.3) is 0 Å². The van der Waals surface area contributed by atoms with Gasteiger partial charge in [0.1, 0.15) is 0 Å². The fourth-order valence-electron chi connectivity index (χ4n) is 1.09. The van der Waals surface area contributed by atoms with E-state index in [0.717, 1.165) is 13.0 Å². The van der Waals surface area contributed by atoms with Crippen molar-refractivity contribution in [3.05, 3.63) is 0 Å². The second-order valence-electron chi connectivity index (χ2n) is 2.36. The number of carbonyl (C=O) groups is 1. The van der Waals surface area contributed by atoms with Gasteiger partial charge in [0.25, 0.3) is 0 Å². The Hall–Kier alpha value is 0.160. The van der Waals surface area contributed by atoms with E-state index in [1.807, 2.05) is 4.90 Å². The number of amides is 1. The van der Waals surface area contributed by atoms with Crippen LogP contribution in [0.1, 0.15) is 12.8 Å². The molecule has 10 heavy (non-hydrogen) atoms. The Morgan fingerprint density at radius 2 is 2.50 bits per heavy atom. The molecule has 58 valence electrons. The maximum Gasteiger partial charge on any atom is 0.223 e. The zero-order chi connectivity index (χ0) is 7.56. The van der Waals surface area contributed by atoms with E-state index in [0.29, 0.717) is 13.0 Å². The summed E-state index contributed by atoms with van der Waals surface area (Å²) >= 11 is 2.20. The third-order valence-corrected chi connectivity index (χ3v) is 2.82. The SMILES string of the molecule is NCC(I)N1CCCC1=O. The van der Waals surface area contributed by atoms with Gasteiger partial charge in [0, 0.05) is 19.5 Å². The summed E-state index contributed by atoms with van der Waals surface area (Å²) in [5.41, 5.74) is 5.41. The third kappa shape index (κ3) is 1.60. The maximum atomic E-state index is 11.0. The van der Waals surface area contributed by atoms with E-state index >= 15 is 0 Å². The number of carbonyl (C=O) groups excluding carboxylic acids is 1. The molecule has 0 bridgehead atoms. The molecule has 0 radical (unpaired) electrons. The van der Waals surface area contributed by atoms with E-state index < -0.39 is 0 Å². The normalized spacial score (nSPS) is 21.8. The summed E-state index contributed by atoms with van der Waals surface area (Å²) in [6.07, 6.45) is 1.71. The summed E-state index contributed by atoms with van der Waals surface area (Å²) in [7, 11) is 0. The molecule has 1 amide bonds. The molecule has 0 aromatic carbocycles. The summed E-state index contributed by atoms with van der Waals surface area (Å²) in [5.74, 6) is 0.254. The molecule has 4 heteroatoms. The minimum Gasteiger partial charge on any atom is -0.330 e. The van der Waals surface area contributed by atoms with Gasteiger partial charge in [-0.05, 0) is 6.42 Å². The van der Waals surface area contributed by atoms with Crippen molar-refractivity contribution in [2.75, 3.05) is 13.1 Å². The van der Waals surface area contributed by atoms with Crippen LogP contribution < -0.4 is 5.73 Å². The Kier molecular flexibility index (Phi) is 2.91. The van der Waals surface area contributed by atoms with Gasteiger partial charge in [-0.2, -0.15) is 0 Å². The Morgan fingerprint density at radius 3 is 2.90 bits per heavy atom. The molecule has 1 fully saturated rings. The summed E-state index contributed by atoms with van der Waals surface area (Å²) in [6.45, 7) is 1.45. The topological polar surface area (TPSA) is 46.3 Å². The highest BCUT2D eigenvalue weighted by Gasteiger charge is 2.24.